The number of nitrogens with zero attached hydrogens (tertiary/aromatic N) is 3. The van der Waals surface area contributed by atoms with Crippen LogP contribution >= 0.6 is 27.3 Å². The Hall–Kier alpha value is -1.46. The summed E-state index contributed by atoms with van der Waals surface area (Å²) in [6, 6.07) is 10.1. The summed E-state index contributed by atoms with van der Waals surface area (Å²) >= 11 is 5.26. The van der Waals surface area contributed by atoms with Gasteiger partial charge in [-0.1, -0.05) is 34.1 Å². The molecule has 0 radical (unpaired) electrons. The van der Waals surface area contributed by atoms with Crippen molar-refractivity contribution in [2.75, 3.05) is 0 Å². The summed E-state index contributed by atoms with van der Waals surface area (Å²) in [7, 11) is 1.92. The molecule has 0 aliphatic carbocycles. The van der Waals surface area contributed by atoms with Gasteiger partial charge in [0, 0.05) is 28.2 Å². The van der Waals surface area contributed by atoms with E-state index in [1.807, 2.05) is 37.5 Å². The van der Waals surface area contributed by atoms with Crippen molar-refractivity contribution in [2.45, 2.75) is 6.92 Å². The van der Waals surface area contributed by atoms with E-state index in [-0.39, 0.29) is 0 Å². The number of aromatic nitrogens is 3. The molecule has 0 saturated carbocycles. The molecule has 1 aromatic carbocycles. The molecule has 3 rings (SSSR count). The van der Waals surface area contributed by atoms with Gasteiger partial charge in [-0.3, -0.25) is 4.68 Å². The molecule has 0 saturated heterocycles. The zero-order chi connectivity index (χ0) is 13.4. The normalized spacial score (nSPS) is 10.9. The lowest BCUT2D eigenvalue weighted by molar-refractivity contribution is 0.770. The first-order chi connectivity index (χ1) is 9.15. The fourth-order valence-corrected chi connectivity index (χ4v) is 3.30. The van der Waals surface area contributed by atoms with E-state index >= 15 is 0 Å². The molecular formula is C14H12BrN3S. The SMILES string of the molecule is Cc1sc(-c2ccn(C)n2)nc1-c1ccccc1Br. The number of thiazole rings is 1. The Morgan fingerprint density at radius 2 is 2.00 bits per heavy atom. The highest BCUT2D eigenvalue weighted by Gasteiger charge is 2.14. The second-order valence-corrected chi connectivity index (χ2v) is 6.34. The zero-order valence-corrected chi connectivity index (χ0v) is 13.0. The molecule has 2 heterocycles. The smallest absolute Gasteiger partial charge is 0.144 e. The molecule has 96 valence electrons. The first kappa shape index (κ1) is 12.6. The summed E-state index contributed by atoms with van der Waals surface area (Å²) in [4.78, 5) is 5.94. The quantitative estimate of drug-likeness (QED) is 0.700. The first-order valence-corrected chi connectivity index (χ1v) is 7.48. The van der Waals surface area contributed by atoms with Crippen LogP contribution in [0, 0.1) is 6.92 Å². The van der Waals surface area contributed by atoms with Crippen LogP contribution in [-0.2, 0) is 7.05 Å². The van der Waals surface area contributed by atoms with Crippen LogP contribution < -0.4 is 0 Å². The standard InChI is InChI=1S/C14H12BrN3S/c1-9-13(10-5-3-4-6-11(10)15)16-14(19-9)12-7-8-18(2)17-12/h3-8H,1-2H3. The van der Waals surface area contributed by atoms with Gasteiger partial charge in [0.25, 0.3) is 0 Å². The third-order valence-electron chi connectivity index (χ3n) is 2.86. The largest absolute Gasteiger partial charge is 0.275 e. The molecule has 0 N–H and O–H groups in total. The third kappa shape index (κ3) is 2.35. The van der Waals surface area contributed by atoms with Gasteiger partial charge in [0.2, 0.25) is 0 Å². The molecule has 0 atom stereocenters. The van der Waals surface area contributed by atoms with Gasteiger partial charge in [-0.05, 0) is 19.1 Å². The van der Waals surface area contributed by atoms with Crippen LogP contribution in [0.25, 0.3) is 22.0 Å². The van der Waals surface area contributed by atoms with Crippen molar-refractivity contribution < 1.29 is 0 Å². The minimum atomic E-state index is 0.925. The molecule has 19 heavy (non-hydrogen) atoms. The van der Waals surface area contributed by atoms with Crippen LogP contribution in [0.4, 0.5) is 0 Å². The molecule has 0 spiro atoms. The van der Waals surface area contributed by atoms with Crippen LogP contribution in [0.15, 0.2) is 41.0 Å². The number of hydrogen-bond acceptors (Lipinski definition) is 3. The summed E-state index contributed by atoms with van der Waals surface area (Å²) < 4.78 is 2.86. The summed E-state index contributed by atoms with van der Waals surface area (Å²) in [6.07, 6.45) is 1.93. The summed E-state index contributed by atoms with van der Waals surface area (Å²) in [5, 5.41) is 5.37. The van der Waals surface area contributed by atoms with Crippen molar-refractivity contribution >= 4 is 27.3 Å². The molecule has 0 bridgehead atoms. The second kappa shape index (κ2) is 4.90. The van der Waals surface area contributed by atoms with E-state index in [1.165, 1.54) is 4.88 Å². The minimum Gasteiger partial charge on any atom is -0.275 e. The second-order valence-electron chi connectivity index (χ2n) is 4.28. The maximum atomic E-state index is 4.74. The molecule has 5 heteroatoms. The maximum Gasteiger partial charge on any atom is 0.144 e. The molecule has 0 unspecified atom stereocenters. The monoisotopic (exact) mass is 333 g/mol. The average Bonchev–Trinajstić information content (AvgIpc) is 2.96. The van der Waals surface area contributed by atoms with Gasteiger partial charge < -0.3 is 0 Å². The van der Waals surface area contributed by atoms with Gasteiger partial charge in [-0.15, -0.1) is 11.3 Å². The van der Waals surface area contributed by atoms with Crippen LogP contribution in [0.3, 0.4) is 0 Å². The molecule has 2 aromatic heterocycles. The van der Waals surface area contributed by atoms with Crippen molar-refractivity contribution in [3.63, 3.8) is 0 Å². The highest BCUT2D eigenvalue weighted by atomic mass is 79.9. The Kier molecular flexibility index (Phi) is 3.24. The van der Waals surface area contributed by atoms with E-state index in [9.17, 15) is 0 Å². The number of benzene rings is 1. The van der Waals surface area contributed by atoms with Crippen LogP contribution in [0.1, 0.15) is 4.88 Å². The van der Waals surface area contributed by atoms with E-state index in [4.69, 9.17) is 4.98 Å². The molecule has 0 fully saturated rings. The molecule has 0 amide bonds. The predicted molar refractivity (Wildman–Crippen MR) is 82.2 cm³/mol. The lowest BCUT2D eigenvalue weighted by Crippen LogP contribution is -1.87. The predicted octanol–water partition coefficient (Wildman–Crippen LogP) is 4.28. The van der Waals surface area contributed by atoms with Crippen molar-refractivity contribution in [3.8, 4) is 22.0 Å². The van der Waals surface area contributed by atoms with Gasteiger partial charge in [-0.25, -0.2) is 4.98 Å². The topological polar surface area (TPSA) is 30.7 Å². The molecule has 3 nitrogen and oxygen atoms in total. The van der Waals surface area contributed by atoms with Crippen molar-refractivity contribution in [3.05, 3.63) is 45.9 Å². The fraction of sp³-hybridized carbons (Fsp3) is 0.143. The molecule has 3 aromatic rings. The Morgan fingerprint density at radius 1 is 1.21 bits per heavy atom. The summed E-state index contributed by atoms with van der Waals surface area (Å²) in [5.74, 6) is 0. The van der Waals surface area contributed by atoms with E-state index in [0.29, 0.717) is 0 Å². The van der Waals surface area contributed by atoms with Crippen molar-refractivity contribution in [2.24, 2.45) is 7.05 Å². The Bertz CT molecular complexity index is 730. The Morgan fingerprint density at radius 3 is 2.68 bits per heavy atom. The number of rotatable bonds is 2. The highest BCUT2D eigenvalue weighted by Crippen LogP contribution is 2.35. The molecule has 0 aliphatic rings. The van der Waals surface area contributed by atoms with Crippen LogP contribution in [0.2, 0.25) is 0 Å². The van der Waals surface area contributed by atoms with Gasteiger partial charge in [0.05, 0.1) is 5.69 Å². The maximum absolute atomic E-state index is 4.74. The first-order valence-electron chi connectivity index (χ1n) is 5.87. The van der Waals surface area contributed by atoms with E-state index in [1.54, 1.807) is 16.0 Å². The summed E-state index contributed by atoms with van der Waals surface area (Å²) in [5.41, 5.74) is 3.07. The van der Waals surface area contributed by atoms with Crippen molar-refractivity contribution in [1.29, 1.82) is 0 Å². The van der Waals surface area contributed by atoms with Gasteiger partial charge in [-0.2, -0.15) is 5.10 Å². The molecule has 0 aliphatic heterocycles. The van der Waals surface area contributed by atoms with Crippen LogP contribution in [0.5, 0.6) is 0 Å². The molecular weight excluding hydrogens is 322 g/mol. The highest BCUT2D eigenvalue weighted by molar-refractivity contribution is 9.10. The number of hydrogen-bond donors (Lipinski definition) is 0. The van der Waals surface area contributed by atoms with Crippen molar-refractivity contribution in [1.82, 2.24) is 14.8 Å². The fourth-order valence-electron chi connectivity index (χ4n) is 1.94. The van der Waals surface area contributed by atoms with Gasteiger partial charge in [0.15, 0.2) is 0 Å². The van der Waals surface area contributed by atoms with E-state index < -0.39 is 0 Å². The third-order valence-corrected chi connectivity index (χ3v) is 4.54. The minimum absolute atomic E-state index is 0.925. The Balaban J connectivity index is 2.10. The number of halogens is 1. The van der Waals surface area contributed by atoms with E-state index in [2.05, 4.69) is 34.0 Å². The van der Waals surface area contributed by atoms with E-state index in [0.717, 1.165) is 26.4 Å². The van der Waals surface area contributed by atoms with Crippen LogP contribution in [-0.4, -0.2) is 14.8 Å². The Labute approximate surface area is 124 Å². The lowest BCUT2D eigenvalue weighted by Gasteiger charge is -2.01. The summed E-state index contributed by atoms with van der Waals surface area (Å²) in [6.45, 7) is 2.10. The number of aryl methyl sites for hydroxylation is 2. The van der Waals surface area contributed by atoms with Gasteiger partial charge >= 0.3 is 0 Å². The average molecular weight is 334 g/mol. The zero-order valence-electron chi connectivity index (χ0n) is 10.6. The van der Waals surface area contributed by atoms with Gasteiger partial charge in [0.1, 0.15) is 10.7 Å². The lowest BCUT2D eigenvalue weighted by atomic mass is 10.1.